The fraction of sp³-hybridized carbons (Fsp3) is 0. The molecular weight excluding hydrogens is 487 g/mol. The van der Waals surface area contributed by atoms with E-state index in [1.807, 2.05) is 0 Å². The molecular formula is C2H7K3Na2O15SSi. The van der Waals surface area contributed by atoms with Crippen molar-refractivity contribution in [1.29, 1.82) is 0 Å². The Balaban J connectivity index is -0.0000000126. The van der Waals surface area contributed by atoms with Gasteiger partial charge in [0.05, 0.1) is 0 Å². The van der Waals surface area contributed by atoms with Crippen LogP contribution in [0.4, 0.5) is 9.59 Å². The van der Waals surface area contributed by atoms with E-state index < -0.39 is 31.8 Å². The molecule has 0 saturated heterocycles. The van der Waals surface area contributed by atoms with Crippen LogP contribution >= 0.6 is 0 Å². The van der Waals surface area contributed by atoms with Gasteiger partial charge in [0.25, 0.3) is 0 Å². The molecule has 120 valence electrons. The van der Waals surface area contributed by atoms with Crippen LogP contribution in [0.3, 0.4) is 0 Å². The topological polar surface area (TPSA) is 312 Å². The summed E-state index contributed by atoms with van der Waals surface area (Å²) in [5.41, 5.74) is 0. The Morgan fingerprint density at radius 3 is 0.708 bits per heavy atom. The molecule has 0 aliphatic rings. The molecule has 0 aliphatic carbocycles. The van der Waals surface area contributed by atoms with Crippen LogP contribution in [0.5, 0.6) is 0 Å². The van der Waals surface area contributed by atoms with Gasteiger partial charge in [-0.25, -0.2) is 9.59 Å². The van der Waals surface area contributed by atoms with Crippen molar-refractivity contribution in [2.75, 3.05) is 0 Å². The van der Waals surface area contributed by atoms with Crippen molar-refractivity contribution in [3.63, 3.8) is 0 Å². The zero-order chi connectivity index (χ0) is 16.2. The normalized spacial score (nSPS) is 6.92. The van der Waals surface area contributed by atoms with Gasteiger partial charge in [0.2, 0.25) is 0 Å². The van der Waals surface area contributed by atoms with Gasteiger partial charge >= 0.3 is 236 Å². The van der Waals surface area contributed by atoms with E-state index in [2.05, 4.69) is 0 Å². The Kier molecular flexibility index (Phi) is 102. The first-order valence-corrected chi connectivity index (χ1v) is 5.85. The van der Waals surface area contributed by atoms with Gasteiger partial charge in [-0.3, -0.25) is 9.11 Å². The summed E-state index contributed by atoms with van der Waals surface area (Å²) >= 11 is 0. The number of hydrogen-bond acceptors (Lipinski definition) is 9. The molecule has 0 atom stereocenters. The number of carboxylic acid groups (broad SMARTS) is 4. The van der Waals surface area contributed by atoms with E-state index in [9.17, 15) is 0 Å². The summed E-state index contributed by atoms with van der Waals surface area (Å²) < 4.78 is 31.6. The summed E-state index contributed by atoms with van der Waals surface area (Å²) in [5.74, 6) is 0. The molecule has 15 nitrogen and oxygen atoms in total. The molecule has 0 unspecified atom stereocenters. The van der Waals surface area contributed by atoms with Crippen molar-refractivity contribution < 1.29 is 285 Å². The van der Waals surface area contributed by atoms with Gasteiger partial charge in [-0.2, -0.15) is 8.42 Å². The molecule has 0 heterocycles. The van der Waals surface area contributed by atoms with Gasteiger partial charge in [-0.05, 0) is 0 Å². The first-order valence-electron chi connectivity index (χ1n) is 2.82. The third-order valence-corrected chi connectivity index (χ3v) is 0. The van der Waals surface area contributed by atoms with Crippen molar-refractivity contribution >= 4 is 31.8 Å². The SMILES string of the molecule is O=C(O)O.O=C(O)O.O=S(=O)(O)O.[K+].[K+].[K+].[Na+].[Na+].[O-][Si]([O-])([O-])[O-].[OH-]. The molecule has 0 radical (unpaired) electrons. The molecule has 22 heteroatoms. The summed E-state index contributed by atoms with van der Waals surface area (Å²) in [6.07, 6.45) is -3.67. The maximum absolute atomic E-state index is 8.74. The predicted molar refractivity (Wildman–Crippen MR) is 43.2 cm³/mol. The maximum atomic E-state index is 8.74. The van der Waals surface area contributed by atoms with Gasteiger partial charge in [0, 0.05) is 0 Å². The first-order chi connectivity index (χ1) is 7.46. The molecule has 0 aromatic heterocycles. The quantitative estimate of drug-likeness (QED) is 0.134. The molecule has 0 bridgehead atoms. The van der Waals surface area contributed by atoms with E-state index >= 15 is 0 Å². The number of hydrogen-bond donors (Lipinski definition) is 6. The molecule has 0 aromatic rings. The Morgan fingerprint density at radius 1 is 0.708 bits per heavy atom. The Morgan fingerprint density at radius 2 is 0.708 bits per heavy atom. The molecule has 24 heavy (non-hydrogen) atoms. The minimum absolute atomic E-state index is 0. The minimum atomic E-state index is -5.61. The van der Waals surface area contributed by atoms with Crippen LogP contribution in [0.15, 0.2) is 0 Å². The third-order valence-electron chi connectivity index (χ3n) is 0. The molecule has 0 aromatic carbocycles. The van der Waals surface area contributed by atoms with E-state index in [0.717, 1.165) is 0 Å². The van der Waals surface area contributed by atoms with Crippen LogP contribution in [0, 0.1) is 0 Å². The molecule has 0 fully saturated rings. The summed E-state index contributed by atoms with van der Waals surface area (Å²) in [6.45, 7) is 0. The second-order valence-electron chi connectivity index (χ2n) is 1.51. The zero-order valence-corrected chi connectivity index (χ0v) is 28.5. The van der Waals surface area contributed by atoms with Crippen molar-refractivity contribution in [2.24, 2.45) is 0 Å². The third kappa shape index (κ3) is 666. The van der Waals surface area contributed by atoms with Crippen molar-refractivity contribution in [1.82, 2.24) is 0 Å². The monoisotopic (exact) mass is 494 g/mol. The summed E-state index contributed by atoms with van der Waals surface area (Å²) in [7, 11) is -10.3. The largest absolute Gasteiger partial charge is 1.00 e. The van der Waals surface area contributed by atoms with Gasteiger partial charge in [0.1, 0.15) is 0 Å². The summed E-state index contributed by atoms with van der Waals surface area (Å²) in [5, 5.41) is 27.9. The standard InChI is InChI=1S/2CH2O3.3K.2Na.H2O4S.O4Si.H2O/c2*2-1(3)4;;;;;;2*1-5(2,3)4;/h2*(H2,2,3,4);;;;;;(H2,1,2,3,4);;1H2/q;;5*+1;;-4;/p-1. The molecule has 0 saturated carbocycles. The molecule has 0 aliphatic heterocycles. The van der Waals surface area contributed by atoms with Gasteiger partial charge in [0.15, 0.2) is 0 Å². The Hall–Kier alpha value is 5.34. The first kappa shape index (κ1) is 63.0. The number of carbonyl (C=O) groups is 2. The van der Waals surface area contributed by atoms with Gasteiger partial charge in [-0.15, -0.1) is 0 Å². The predicted octanol–water partition coefficient (Wildman–Crippen LogP) is -20.5. The van der Waals surface area contributed by atoms with E-state index in [1.54, 1.807) is 0 Å². The van der Waals surface area contributed by atoms with Crippen LogP contribution in [-0.2, 0) is 10.4 Å². The summed E-state index contributed by atoms with van der Waals surface area (Å²) in [4.78, 5) is 51.4. The van der Waals surface area contributed by atoms with E-state index in [1.165, 1.54) is 0 Å². The Labute approximate surface area is 308 Å². The van der Waals surface area contributed by atoms with Crippen LogP contribution in [0.2, 0.25) is 0 Å². The second-order valence-corrected chi connectivity index (χ2v) is 3.41. The number of rotatable bonds is 0. The molecule has 7 N–H and O–H groups in total. The molecule has 0 amide bonds. The van der Waals surface area contributed by atoms with E-state index in [4.69, 9.17) is 66.7 Å². The van der Waals surface area contributed by atoms with Crippen LogP contribution in [0.1, 0.15) is 0 Å². The van der Waals surface area contributed by atoms with Crippen molar-refractivity contribution in [2.45, 2.75) is 0 Å². The van der Waals surface area contributed by atoms with Gasteiger partial charge < -0.3 is 54.1 Å². The zero-order valence-electron chi connectivity index (χ0n) is 13.3. The van der Waals surface area contributed by atoms with Crippen molar-refractivity contribution in [3.05, 3.63) is 0 Å². The average molecular weight is 494 g/mol. The average Bonchev–Trinajstić information content (AvgIpc) is 1.70. The fourth-order valence-corrected chi connectivity index (χ4v) is 0. The van der Waals surface area contributed by atoms with Crippen molar-refractivity contribution in [3.8, 4) is 0 Å². The maximum Gasteiger partial charge on any atom is 1.00 e. The fourth-order valence-electron chi connectivity index (χ4n) is 0. The smallest absolute Gasteiger partial charge is 0.894 e. The molecule has 0 spiro atoms. The Bertz CT molecular complexity index is 298. The molecule has 0 rings (SSSR count). The second kappa shape index (κ2) is 38.9. The van der Waals surface area contributed by atoms with Gasteiger partial charge in [-0.1, -0.05) is 0 Å². The summed E-state index contributed by atoms with van der Waals surface area (Å²) in [6, 6.07) is 0. The van der Waals surface area contributed by atoms with Crippen LogP contribution < -0.4 is 232 Å². The minimum Gasteiger partial charge on any atom is -0.894 e. The van der Waals surface area contributed by atoms with E-state index in [-0.39, 0.29) is 219 Å². The van der Waals surface area contributed by atoms with Crippen LogP contribution in [0.25, 0.3) is 0 Å². The van der Waals surface area contributed by atoms with Crippen LogP contribution in [-0.4, -0.2) is 64.8 Å². The van der Waals surface area contributed by atoms with E-state index in [0.29, 0.717) is 0 Å².